The van der Waals surface area contributed by atoms with Crippen LogP contribution in [0, 0.1) is 11.6 Å². The van der Waals surface area contributed by atoms with E-state index >= 15 is 0 Å². The van der Waals surface area contributed by atoms with Gasteiger partial charge in [-0.05, 0) is 47.1 Å². The third-order valence-electron chi connectivity index (χ3n) is 6.50. The van der Waals surface area contributed by atoms with Crippen LogP contribution in [-0.2, 0) is 11.8 Å². The molecule has 7 nitrogen and oxygen atoms in total. The zero-order chi connectivity index (χ0) is 22.6. The lowest BCUT2D eigenvalue weighted by Gasteiger charge is -2.49. The van der Waals surface area contributed by atoms with Crippen LogP contribution in [0.25, 0.3) is 10.9 Å². The number of carbonyl (C=O) groups is 1. The first-order valence-corrected chi connectivity index (χ1v) is 10.6. The predicted octanol–water partition coefficient (Wildman–Crippen LogP) is 1.62. The van der Waals surface area contributed by atoms with Crippen LogP contribution in [0.2, 0.25) is 0 Å². The fraction of sp³-hybridized carbons (Fsp3) is 0.545. The molecule has 2 aliphatic heterocycles. The van der Waals surface area contributed by atoms with Crippen molar-refractivity contribution in [2.75, 3.05) is 57.1 Å². The molecule has 31 heavy (non-hydrogen) atoms. The number of anilines is 2. The van der Waals surface area contributed by atoms with Crippen LogP contribution in [0.3, 0.4) is 0 Å². The first-order chi connectivity index (χ1) is 14.6. The van der Waals surface area contributed by atoms with Gasteiger partial charge >= 0.3 is 0 Å². The summed E-state index contributed by atoms with van der Waals surface area (Å²) in [4.78, 5) is 34.5. The molecule has 2 atom stereocenters. The first-order valence-electron chi connectivity index (χ1n) is 10.6. The molecule has 1 aromatic carbocycles. The second-order valence-electron chi connectivity index (χ2n) is 8.95. The minimum atomic E-state index is -0.785. The van der Waals surface area contributed by atoms with Gasteiger partial charge in [-0.2, -0.15) is 0 Å². The van der Waals surface area contributed by atoms with Crippen molar-refractivity contribution >= 4 is 28.2 Å². The van der Waals surface area contributed by atoms with Crippen LogP contribution in [0.4, 0.5) is 20.2 Å². The van der Waals surface area contributed by atoms with Gasteiger partial charge in [-0.1, -0.05) is 0 Å². The van der Waals surface area contributed by atoms with Gasteiger partial charge in [-0.25, -0.2) is 8.78 Å². The highest BCUT2D eigenvalue weighted by Crippen LogP contribution is 2.41. The Hall–Kier alpha value is -2.52. The van der Waals surface area contributed by atoms with Crippen LogP contribution >= 0.6 is 0 Å². The van der Waals surface area contributed by atoms with Crippen molar-refractivity contribution in [3.8, 4) is 0 Å². The summed E-state index contributed by atoms with van der Waals surface area (Å²) in [6.45, 7) is 4.13. The molecule has 0 radical (unpaired) electrons. The molecule has 0 bridgehead atoms. The van der Waals surface area contributed by atoms with E-state index < -0.39 is 23.2 Å². The van der Waals surface area contributed by atoms with Gasteiger partial charge in [0.05, 0.1) is 11.2 Å². The van der Waals surface area contributed by atoms with Gasteiger partial charge in [0.25, 0.3) is 11.5 Å². The quantitative estimate of drug-likeness (QED) is 0.734. The fourth-order valence-electron chi connectivity index (χ4n) is 4.73. The molecular weight excluding hydrogens is 404 g/mol. The van der Waals surface area contributed by atoms with E-state index in [2.05, 4.69) is 4.90 Å². The monoisotopic (exact) mass is 433 g/mol. The van der Waals surface area contributed by atoms with Gasteiger partial charge in [0.15, 0.2) is 5.82 Å². The number of pyridine rings is 1. The Labute approximate surface area is 180 Å². The summed E-state index contributed by atoms with van der Waals surface area (Å²) >= 11 is 0. The van der Waals surface area contributed by atoms with E-state index in [9.17, 15) is 18.4 Å². The number of amides is 1. The summed E-state index contributed by atoms with van der Waals surface area (Å²) in [7, 11) is 7.32. The van der Waals surface area contributed by atoms with E-state index in [1.54, 1.807) is 0 Å². The zero-order valence-electron chi connectivity index (χ0n) is 18.7. The Morgan fingerprint density at radius 1 is 1.10 bits per heavy atom. The van der Waals surface area contributed by atoms with Gasteiger partial charge in [-0.15, -0.1) is 0 Å². The Morgan fingerprint density at radius 3 is 2.48 bits per heavy atom. The van der Waals surface area contributed by atoms with Gasteiger partial charge < -0.3 is 19.3 Å². The molecule has 168 valence electrons. The molecule has 2 aromatic rings. The van der Waals surface area contributed by atoms with Crippen molar-refractivity contribution in [3.63, 3.8) is 0 Å². The van der Waals surface area contributed by atoms with Crippen molar-refractivity contribution < 1.29 is 13.6 Å². The third kappa shape index (κ3) is 3.49. The van der Waals surface area contributed by atoms with Gasteiger partial charge in [0, 0.05) is 44.2 Å². The van der Waals surface area contributed by atoms with E-state index in [-0.39, 0.29) is 23.2 Å². The lowest BCUT2D eigenvalue weighted by Crippen LogP contribution is -2.65. The summed E-state index contributed by atoms with van der Waals surface area (Å²) < 4.78 is 30.3. The molecule has 9 heteroatoms. The maximum Gasteiger partial charge on any atom is 0.277 e. The number of rotatable bonds is 4. The van der Waals surface area contributed by atoms with Crippen molar-refractivity contribution in [1.82, 2.24) is 14.4 Å². The fourth-order valence-corrected chi connectivity index (χ4v) is 4.73. The maximum atomic E-state index is 14.8. The maximum absolute atomic E-state index is 14.8. The summed E-state index contributed by atoms with van der Waals surface area (Å²) in [6, 6.07) is 1.68. The Kier molecular flexibility index (Phi) is 5.51. The highest BCUT2D eigenvalue weighted by Gasteiger charge is 2.45. The lowest BCUT2D eigenvalue weighted by molar-refractivity contribution is -0.121. The van der Waals surface area contributed by atoms with Crippen molar-refractivity contribution in [2.24, 2.45) is 7.05 Å². The molecule has 0 spiro atoms. The number of aromatic nitrogens is 1. The smallest absolute Gasteiger partial charge is 0.277 e. The second-order valence-corrected chi connectivity index (χ2v) is 8.95. The van der Waals surface area contributed by atoms with E-state index in [0.717, 1.165) is 12.6 Å². The summed E-state index contributed by atoms with van der Waals surface area (Å²) in [5, 5.41) is 0.321. The molecular formula is C22H29F2N5O2. The molecule has 1 aromatic heterocycles. The summed E-state index contributed by atoms with van der Waals surface area (Å²) in [5.41, 5.74) is 0.289. The number of benzene rings is 1. The van der Waals surface area contributed by atoms with Gasteiger partial charge in [-0.3, -0.25) is 14.5 Å². The number of hydrogen-bond donors (Lipinski definition) is 0. The largest absolute Gasteiger partial charge is 0.354 e. The van der Waals surface area contributed by atoms with Crippen molar-refractivity contribution in [3.05, 3.63) is 34.1 Å². The minimum absolute atomic E-state index is 0.0538. The molecule has 0 aliphatic carbocycles. The Bertz CT molecular complexity index is 1100. The highest BCUT2D eigenvalue weighted by atomic mass is 19.1. The molecule has 0 N–H and O–H groups in total. The average molecular weight is 434 g/mol. The molecule has 3 heterocycles. The van der Waals surface area contributed by atoms with Crippen LogP contribution in [0.15, 0.2) is 16.9 Å². The van der Waals surface area contributed by atoms with E-state index in [1.807, 2.05) is 37.9 Å². The van der Waals surface area contributed by atoms with Crippen LogP contribution in [-0.4, -0.2) is 79.7 Å². The number of nitrogens with zero attached hydrogens (tertiary/aromatic N) is 5. The van der Waals surface area contributed by atoms with Crippen molar-refractivity contribution in [2.45, 2.75) is 25.4 Å². The molecule has 2 unspecified atom stereocenters. The number of halogens is 2. The van der Waals surface area contributed by atoms with Crippen LogP contribution < -0.4 is 15.4 Å². The van der Waals surface area contributed by atoms with E-state index in [4.69, 9.17) is 0 Å². The minimum Gasteiger partial charge on any atom is -0.354 e. The SMILES string of the molecule is CC1CN2c3c(c(=O)n(C)c4c(F)cc(F)cc34)N(CCCN(C)C)C(=O)C2CN1C. The van der Waals surface area contributed by atoms with Gasteiger partial charge in [0.2, 0.25) is 0 Å². The van der Waals surface area contributed by atoms with Crippen LogP contribution in [0.5, 0.6) is 0 Å². The molecule has 4 rings (SSSR count). The Balaban J connectivity index is 1.99. The predicted molar refractivity (Wildman–Crippen MR) is 118 cm³/mol. The number of aryl methyl sites for hydroxylation is 1. The molecule has 2 aliphatic rings. The molecule has 1 saturated heterocycles. The van der Waals surface area contributed by atoms with E-state index in [1.165, 1.54) is 22.6 Å². The van der Waals surface area contributed by atoms with E-state index in [0.29, 0.717) is 37.1 Å². The Morgan fingerprint density at radius 2 is 1.81 bits per heavy atom. The number of hydrogen-bond acceptors (Lipinski definition) is 5. The molecule has 1 amide bonds. The summed E-state index contributed by atoms with van der Waals surface area (Å²) in [5.74, 6) is -1.63. The highest BCUT2D eigenvalue weighted by molar-refractivity contribution is 6.12. The zero-order valence-corrected chi connectivity index (χ0v) is 18.7. The van der Waals surface area contributed by atoms with Gasteiger partial charge in [0.1, 0.15) is 17.5 Å². The normalized spacial score (nSPS) is 21.7. The number of fused-ring (bicyclic) bond motifs is 5. The topological polar surface area (TPSA) is 52.0 Å². The molecule has 0 saturated carbocycles. The number of piperazine rings is 1. The third-order valence-corrected chi connectivity index (χ3v) is 6.50. The lowest BCUT2D eigenvalue weighted by atomic mass is 9.98. The van der Waals surface area contributed by atoms with Crippen LogP contribution in [0.1, 0.15) is 13.3 Å². The summed E-state index contributed by atoms with van der Waals surface area (Å²) in [6.07, 6.45) is 0.676. The molecule has 1 fully saturated rings. The number of carbonyl (C=O) groups excluding carboxylic acids is 1. The second kappa shape index (κ2) is 7.87. The average Bonchev–Trinajstić information content (AvgIpc) is 2.68. The standard InChI is InChI=1S/C22H29F2N5O2/c1-13-11-29-17(12-26(13)4)21(30)28(8-6-7-25(2)3)20-19(29)15-9-14(23)10-16(24)18(15)27(5)22(20)31/h9-10,13,17H,6-8,11-12H2,1-5H3. The first kappa shape index (κ1) is 21.7. The number of likely N-dealkylation sites (N-methyl/N-ethyl adjacent to an activating group) is 1. The van der Waals surface area contributed by atoms with Crippen molar-refractivity contribution in [1.29, 1.82) is 0 Å².